The Morgan fingerprint density at radius 3 is 2.54 bits per heavy atom. The van der Waals surface area contributed by atoms with Gasteiger partial charge in [0, 0.05) is 38.5 Å². The molecule has 4 rings (SSSR count). The lowest BCUT2D eigenvalue weighted by molar-refractivity contribution is -0.136. The Hall–Kier alpha value is -2.70. The molecule has 0 unspecified atom stereocenters. The predicted octanol–water partition coefficient (Wildman–Crippen LogP) is 2.44. The molecule has 1 atom stereocenters. The van der Waals surface area contributed by atoms with Crippen molar-refractivity contribution < 1.29 is 14.1 Å². The fourth-order valence-corrected chi connectivity index (χ4v) is 4.09. The van der Waals surface area contributed by atoms with E-state index in [0.717, 1.165) is 18.4 Å². The van der Waals surface area contributed by atoms with Gasteiger partial charge >= 0.3 is 0 Å². The van der Waals surface area contributed by atoms with Gasteiger partial charge < -0.3 is 14.3 Å². The summed E-state index contributed by atoms with van der Waals surface area (Å²) < 4.78 is 5.28. The van der Waals surface area contributed by atoms with Crippen LogP contribution in [0.1, 0.15) is 48.0 Å². The summed E-state index contributed by atoms with van der Waals surface area (Å²) in [6.07, 6.45) is 1.95. The van der Waals surface area contributed by atoms with Crippen molar-refractivity contribution in [3.63, 3.8) is 0 Å². The number of hydrogen-bond donors (Lipinski definition) is 0. The number of aromatic nitrogens is 2. The monoisotopic (exact) mass is 382 g/mol. The molecule has 1 aromatic carbocycles. The van der Waals surface area contributed by atoms with E-state index < -0.39 is 0 Å². The second kappa shape index (κ2) is 7.73. The number of hydrogen-bond acceptors (Lipinski definition) is 5. The second-order valence-electron chi connectivity index (χ2n) is 7.94. The SMILES string of the molecule is Cc1ccc(CN2C[C@H](C(=O)N3CCC(c4nc(C)no4)CC3)CC2=O)cc1. The molecular weight excluding hydrogens is 356 g/mol. The molecular formula is C21H26N4O3. The fraction of sp³-hybridized carbons (Fsp3) is 0.524. The van der Waals surface area contributed by atoms with Gasteiger partial charge in [0.05, 0.1) is 5.92 Å². The van der Waals surface area contributed by atoms with Gasteiger partial charge in [-0.05, 0) is 32.3 Å². The summed E-state index contributed by atoms with van der Waals surface area (Å²) in [6, 6.07) is 8.19. The Labute approximate surface area is 164 Å². The fourth-order valence-electron chi connectivity index (χ4n) is 4.09. The highest BCUT2D eigenvalue weighted by Gasteiger charge is 2.38. The minimum Gasteiger partial charge on any atom is -0.342 e. The Bertz CT molecular complexity index is 853. The van der Waals surface area contributed by atoms with Crippen molar-refractivity contribution in [3.05, 3.63) is 47.1 Å². The summed E-state index contributed by atoms with van der Waals surface area (Å²) in [6.45, 7) is 6.28. The van der Waals surface area contributed by atoms with Gasteiger partial charge in [0.15, 0.2) is 5.82 Å². The highest BCUT2D eigenvalue weighted by molar-refractivity contribution is 5.89. The molecule has 0 N–H and O–H groups in total. The molecule has 0 radical (unpaired) electrons. The third kappa shape index (κ3) is 3.93. The number of piperidine rings is 1. The van der Waals surface area contributed by atoms with E-state index in [1.165, 1.54) is 5.56 Å². The number of amides is 2. The number of benzene rings is 1. The average molecular weight is 382 g/mol. The van der Waals surface area contributed by atoms with Crippen LogP contribution in [0.5, 0.6) is 0 Å². The molecule has 2 aliphatic heterocycles. The van der Waals surface area contributed by atoms with Gasteiger partial charge in [-0.3, -0.25) is 9.59 Å². The maximum absolute atomic E-state index is 12.9. The first-order chi connectivity index (χ1) is 13.5. The highest BCUT2D eigenvalue weighted by Crippen LogP contribution is 2.29. The van der Waals surface area contributed by atoms with Crippen LogP contribution in [0.4, 0.5) is 0 Å². The summed E-state index contributed by atoms with van der Waals surface area (Å²) in [7, 11) is 0. The zero-order valence-corrected chi connectivity index (χ0v) is 16.4. The van der Waals surface area contributed by atoms with Gasteiger partial charge in [-0.2, -0.15) is 4.98 Å². The lowest BCUT2D eigenvalue weighted by Gasteiger charge is -2.32. The molecule has 2 fully saturated rings. The van der Waals surface area contributed by atoms with Gasteiger partial charge in [-0.15, -0.1) is 0 Å². The first-order valence-electron chi connectivity index (χ1n) is 9.92. The lowest BCUT2D eigenvalue weighted by Crippen LogP contribution is -2.42. The average Bonchev–Trinajstić information content (AvgIpc) is 3.29. The van der Waals surface area contributed by atoms with E-state index in [2.05, 4.69) is 10.1 Å². The van der Waals surface area contributed by atoms with Crippen molar-refractivity contribution in [3.8, 4) is 0 Å². The molecule has 0 aliphatic carbocycles. The van der Waals surface area contributed by atoms with Gasteiger partial charge in [-0.25, -0.2) is 0 Å². The molecule has 2 saturated heterocycles. The molecule has 2 aromatic rings. The van der Waals surface area contributed by atoms with Gasteiger partial charge in [0.2, 0.25) is 17.7 Å². The molecule has 2 amide bonds. The van der Waals surface area contributed by atoms with Crippen LogP contribution in [0.15, 0.2) is 28.8 Å². The lowest BCUT2D eigenvalue weighted by atomic mass is 9.95. The summed E-state index contributed by atoms with van der Waals surface area (Å²) in [5.41, 5.74) is 2.30. The molecule has 2 aliphatic rings. The largest absolute Gasteiger partial charge is 0.342 e. The Kier molecular flexibility index (Phi) is 5.15. The number of carbonyl (C=O) groups is 2. The van der Waals surface area contributed by atoms with Gasteiger partial charge in [0.1, 0.15) is 0 Å². The molecule has 1 aromatic heterocycles. The van der Waals surface area contributed by atoms with Crippen LogP contribution in [0, 0.1) is 19.8 Å². The minimum absolute atomic E-state index is 0.0650. The van der Waals surface area contributed by atoms with Crippen LogP contribution < -0.4 is 0 Å². The molecule has 7 nitrogen and oxygen atoms in total. The summed E-state index contributed by atoms with van der Waals surface area (Å²) in [5.74, 6) is 1.46. The van der Waals surface area contributed by atoms with Crippen molar-refractivity contribution >= 4 is 11.8 Å². The molecule has 148 valence electrons. The third-order valence-corrected chi connectivity index (χ3v) is 5.76. The normalized spacial score (nSPS) is 20.8. The number of nitrogens with zero attached hydrogens (tertiary/aromatic N) is 4. The van der Waals surface area contributed by atoms with E-state index in [9.17, 15) is 9.59 Å². The Morgan fingerprint density at radius 1 is 1.18 bits per heavy atom. The van der Waals surface area contributed by atoms with Crippen molar-refractivity contribution in [2.45, 2.75) is 45.6 Å². The Balaban J connectivity index is 1.31. The maximum Gasteiger partial charge on any atom is 0.229 e. The van der Waals surface area contributed by atoms with Crippen molar-refractivity contribution in [2.75, 3.05) is 19.6 Å². The van der Waals surface area contributed by atoms with Crippen LogP contribution in [-0.2, 0) is 16.1 Å². The van der Waals surface area contributed by atoms with Crippen molar-refractivity contribution in [1.29, 1.82) is 0 Å². The Morgan fingerprint density at radius 2 is 1.89 bits per heavy atom. The van der Waals surface area contributed by atoms with Gasteiger partial charge in [0.25, 0.3) is 0 Å². The first kappa shape index (κ1) is 18.7. The van der Waals surface area contributed by atoms with E-state index in [4.69, 9.17) is 4.52 Å². The molecule has 3 heterocycles. The quantitative estimate of drug-likeness (QED) is 0.811. The maximum atomic E-state index is 12.9. The highest BCUT2D eigenvalue weighted by atomic mass is 16.5. The van der Waals surface area contributed by atoms with Gasteiger partial charge in [-0.1, -0.05) is 35.0 Å². The smallest absolute Gasteiger partial charge is 0.229 e. The number of likely N-dealkylation sites (tertiary alicyclic amines) is 2. The van der Waals surface area contributed by atoms with Crippen molar-refractivity contribution in [2.24, 2.45) is 5.92 Å². The molecule has 0 spiro atoms. The van der Waals surface area contributed by atoms with Crippen LogP contribution >= 0.6 is 0 Å². The first-order valence-corrected chi connectivity index (χ1v) is 9.92. The summed E-state index contributed by atoms with van der Waals surface area (Å²) >= 11 is 0. The molecule has 0 bridgehead atoms. The van der Waals surface area contributed by atoms with Crippen LogP contribution in [0.3, 0.4) is 0 Å². The van der Waals surface area contributed by atoms with E-state index in [1.54, 1.807) is 4.90 Å². The van der Waals surface area contributed by atoms with E-state index in [1.807, 2.05) is 43.0 Å². The van der Waals surface area contributed by atoms with Crippen molar-refractivity contribution in [1.82, 2.24) is 19.9 Å². The summed E-state index contributed by atoms with van der Waals surface area (Å²) in [4.78, 5) is 33.4. The molecule has 7 heteroatoms. The summed E-state index contributed by atoms with van der Waals surface area (Å²) in [5, 5.41) is 3.86. The van der Waals surface area contributed by atoms with E-state index in [0.29, 0.717) is 44.3 Å². The molecule has 0 saturated carbocycles. The van der Waals surface area contributed by atoms with Crippen LogP contribution in [-0.4, -0.2) is 51.4 Å². The van der Waals surface area contributed by atoms with E-state index >= 15 is 0 Å². The topological polar surface area (TPSA) is 79.5 Å². The third-order valence-electron chi connectivity index (χ3n) is 5.76. The second-order valence-corrected chi connectivity index (χ2v) is 7.94. The van der Waals surface area contributed by atoms with E-state index in [-0.39, 0.29) is 23.7 Å². The predicted molar refractivity (Wildman–Crippen MR) is 102 cm³/mol. The zero-order chi connectivity index (χ0) is 19.7. The number of rotatable bonds is 4. The van der Waals surface area contributed by atoms with Crippen LogP contribution in [0.2, 0.25) is 0 Å². The van der Waals surface area contributed by atoms with Crippen LogP contribution in [0.25, 0.3) is 0 Å². The standard InChI is InChI=1S/C21H26N4O3/c1-14-3-5-16(6-4-14)12-25-13-18(11-19(25)26)21(27)24-9-7-17(8-10-24)20-22-15(2)23-28-20/h3-6,17-18H,7-13H2,1-2H3/t18-/m1/s1. The minimum atomic E-state index is -0.236. The molecule has 28 heavy (non-hydrogen) atoms. The number of aryl methyl sites for hydroxylation is 2. The number of carbonyl (C=O) groups excluding carboxylic acids is 2. The zero-order valence-electron chi connectivity index (χ0n) is 16.4.